The monoisotopic (exact) mass is 197 g/mol. The number of hydrogen-bond donors (Lipinski definition) is 3. The molecule has 0 aliphatic carbocycles. The molecule has 0 aliphatic rings. The number of nitrogens with one attached hydrogen (secondary N) is 1. The van der Waals surface area contributed by atoms with Crippen LogP contribution in [0.2, 0.25) is 0 Å². The highest BCUT2D eigenvalue weighted by molar-refractivity contribution is 5.61. The molecule has 0 aliphatic heterocycles. The van der Waals surface area contributed by atoms with Gasteiger partial charge in [0, 0.05) is 19.2 Å². The first kappa shape index (κ1) is 10.6. The van der Waals surface area contributed by atoms with Gasteiger partial charge in [-0.05, 0) is 12.5 Å². The SMILES string of the molecule is COc1ccc(N)c(NCCCO)n1. The molecular weight excluding hydrogens is 182 g/mol. The normalized spacial score (nSPS) is 9.86. The van der Waals surface area contributed by atoms with Gasteiger partial charge < -0.3 is 20.9 Å². The number of aliphatic hydroxyl groups is 1. The minimum absolute atomic E-state index is 0.150. The number of anilines is 2. The molecule has 0 radical (unpaired) electrons. The zero-order valence-electron chi connectivity index (χ0n) is 8.16. The molecule has 0 fully saturated rings. The summed E-state index contributed by atoms with van der Waals surface area (Å²) in [5.41, 5.74) is 6.26. The summed E-state index contributed by atoms with van der Waals surface area (Å²) in [6, 6.07) is 3.43. The second-order valence-electron chi connectivity index (χ2n) is 2.80. The van der Waals surface area contributed by atoms with Gasteiger partial charge in [0.1, 0.15) is 0 Å². The van der Waals surface area contributed by atoms with Crippen molar-refractivity contribution < 1.29 is 9.84 Å². The number of nitrogens with zero attached hydrogens (tertiary/aromatic N) is 1. The van der Waals surface area contributed by atoms with Crippen LogP contribution in [0.4, 0.5) is 11.5 Å². The molecule has 0 unspecified atom stereocenters. The molecule has 0 atom stereocenters. The van der Waals surface area contributed by atoms with Gasteiger partial charge in [0.15, 0.2) is 5.82 Å². The molecule has 14 heavy (non-hydrogen) atoms. The molecule has 5 nitrogen and oxygen atoms in total. The van der Waals surface area contributed by atoms with E-state index in [0.29, 0.717) is 30.4 Å². The lowest BCUT2D eigenvalue weighted by Gasteiger charge is -2.08. The lowest BCUT2D eigenvalue weighted by Crippen LogP contribution is -2.07. The van der Waals surface area contributed by atoms with Crippen LogP contribution in [-0.2, 0) is 0 Å². The minimum atomic E-state index is 0.150. The van der Waals surface area contributed by atoms with Crippen molar-refractivity contribution in [2.24, 2.45) is 0 Å². The summed E-state index contributed by atoms with van der Waals surface area (Å²) < 4.78 is 4.96. The predicted octanol–water partition coefficient (Wildman–Crippen LogP) is 0.467. The summed E-state index contributed by atoms with van der Waals surface area (Å²) in [5, 5.41) is 11.6. The summed E-state index contributed by atoms with van der Waals surface area (Å²) in [6.07, 6.45) is 0.665. The molecular formula is C9H15N3O2. The van der Waals surface area contributed by atoms with Crippen LogP contribution in [0.25, 0.3) is 0 Å². The molecule has 0 bridgehead atoms. The van der Waals surface area contributed by atoms with Gasteiger partial charge in [-0.15, -0.1) is 0 Å². The maximum absolute atomic E-state index is 8.60. The van der Waals surface area contributed by atoms with E-state index in [0.717, 1.165) is 0 Å². The van der Waals surface area contributed by atoms with Crippen molar-refractivity contribution in [3.63, 3.8) is 0 Å². The van der Waals surface area contributed by atoms with Crippen molar-refractivity contribution in [3.05, 3.63) is 12.1 Å². The highest BCUT2D eigenvalue weighted by Gasteiger charge is 2.01. The molecule has 4 N–H and O–H groups in total. The zero-order chi connectivity index (χ0) is 10.4. The molecule has 0 saturated carbocycles. The number of aromatic nitrogens is 1. The number of nitrogen functional groups attached to an aromatic ring is 1. The molecule has 1 heterocycles. The number of rotatable bonds is 5. The van der Waals surface area contributed by atoms with Crippen LogP contribution in [0.5, 0.6) is 5.88 Å². The molecule has 0 amide bonds. The Labute approximate surface area is 82.9 Å². The minimum Gasteiger partial charge on any atom is -0.481 e. The summed E-state index contributed by atoms with van der Waals surface area (Å²) in [6.45, 7) is 0.789. The van der Waals surface area contributed by atoms with Crippen molar-refractivity contribution in [1.82, 2.24) is 4.98 Å². The van der Waals surface area contributed by atoms with Gasteiger partial charge >= 0.3 is 0 Å². The predicted molar refractivity (Wildman–Crippen MR) is 55.4 cm³/mol. The van der Waals surface area contributed by atoms with Crippen molar-refractivity contribution in [2.45, 2.75) is 6.42 Å². The zero-order valence-corrected chi connectivity index (χ0v) is 8.16. The summed E-state index contributed by atoms with van der Waals surface area (Å²) in [4.78, 5) is 4.12. The Balaban J connectivity index is 2.64. The average Bonchev–Trinajstić information content (AvgIpc) is 2.21. The Morgan fingerprint density at radius 1 is 1.57 bits per heavy atom. The first-order valence-electron chi connectivity index (χ1n) is 4.43. The van der Waals surface area contributed by atoms with E-state index in [1.54, 1.807) is 19.2 Å². The van der Waals surface area contributed by atoms with E-state index in [2.05, 4.69) is 10.3 Å². The molecule has 0 saturated heterocycles. The quantitative estimate of drug-likeness (QED) is 0.598. The fraction of sp³-hybridized carbons (Fsp3) is 0.444. The van der Waals surface area contributed by atoms with Gasteiger partial charge in [-0.1, -0.05) is 0 Å². The van der Waals surface area contributed by atoms with Crippen LogP contribution >= 0.6 is 0 Å². The summed E-state index contributed by atoms with van der Waals surface area (Å²) >= 11 is 0. The Morgan fingerprint density at radius 3 is 3.00 bits per heavy atom. The van der Waals surface area contributed by atoms with Crippen molar-refractivity contribution in [2.75, 3.05) is 31.3 Å². The molecule has 0 aromatic carbocycles. The molecule has 5 heteroatoms. The topological polar surface area (TPSA) is 80.4 Å². The van der Waals surface area contributed by atoms with E-state index in [4.69, 9.17) is 15.6 Å². The lowest BCUT2D eigenvalue weighted by atomic mass is 10.3. The second kappa shape index (κ2) is 5.29. The largest absolute Gasteiger partial charge is 0.481 e. The fourth-order valence-electron chi connectivity index (χ4n) is 0.993. The summed E-state index contributed by atoms with van der Waals surface area (Å²) in [5.74, 6) is 1.11. The number of aliphatic hydroxyl groups excluding tert-OH is 1. The average molecular weight is 197 g/mol. The maximum atomic E-state index is 8.60. The standard InChI is InChI=1S/C9H15N3O2/c1-14-8-4-3-7(10)9(12-8)11-5-2-6-13/h3-4,13H,2,5-6,10H2,1H3,(H,11,12). The number of hydrogen-bond acceptors (Lipinski definition) is 5. The van der Waals surface area contributed by atoms with Crippen LogP contribution in [0, 0.1) is 0 Å². The van der Waals surface area contributed by atoms with Crippen molar-refractivity contribution in [1.29, 1.82) is 0 Å². The Kier molecular flexibility index (Phi) is 4.00. The van der Waals surface area contributed by atoms with E-state index in [-0.39, 0.29) is 6.61 Å². The molecule has 1 aromatic heterocycles. The lowest BCUT2D eigenvalue weighted by molar-refractivity contribution is 0.292. The van der Waals surface area contributed by atoms with Crippen LogP contribution in [0.3, 0.4) is 0 Å². The third-order valence-corrected chi connectivity index (χ3v) is 1.74. The summed E-state index contributed by atoms with van der Waals surface area (Å²) in [7, 11) is 1.55. The van der Waals surface area contributed by atoms with Gasteiger partial charge in [-0.2, -0.15) is 4.98 Å². The number of nitrogens with two attached hydrogens (primary N) is 1. The van der Waals surface area contributed by atoms with Gasteiger partial charge in [-0.3, -0.25) is 0 Å². The van der Waals surface area contributed by atoms with Crippen LogP contribution in [-0.4, -0.2) is 30.4 Å². The van der Waals surface area contributed by atoms with Gasteiger partial charge in [0.05, 0.1) is 12.8 Å². The van der Waals surface area contributed by atoms with Crippen molar-refractivity contribution in [3.8, 4) is 5.88 Å². The van der Waals surface area contributed by atoms with Gasteiger partial charge in [-0.25, -0.2) is 0 Å². The molecule has 1 aromatic rings. The Bertz CT molecular complexity index is 291. The Hall–Kier alpha value is -1.49. The van der Waals surface area contributed by atoms with Crippen LogP contribution < -0.4 is 15.8 Å². The van der Waals surface area contributed by atoms with Gasteiger partial charge in [0.25, 0.3) is 0 Å². The van der Waals surface area contributed by atoms with E-state index in [1.165, 1.54) is 0 Å². The van der Waals surface area contributed by atoms with Crippen LogP contribution in [0.1, 0.15) is 6.42 Å². The molecule has 78 valence electrons. The smallest absolute Gasteiger partial charge is 0.215 e. The third-order valence-electron chi connectivity index (χ3n) is 1.74. The van der Waals surface area contributed by atoms with Gasteiger partial charge in [0.2, 0.25) is 5.88 Å². The number of pyridine rings is 1. The first-order valence-corrected chi connectivity index (χ1v) is 4.43. The fourth-order valence-corrected chi connectivity index (χ4v) is 0.993. The van der Waals surface area contributed by atoms with Crippen LogP contribution in [0.15, 0.2) is 12.1 Å². The molecule has 1 rings (SSSR count). The Morgan fingerprint density at radius 2 is 2.36 bits per heavy atom. The van der Waals surface area contributed by atoms with Crippen molar-refractivity contribution >= 4 is 11.5 Å². The van der Waals surface area contributed by atoms with E-state index >= 15 is 0 Å². The maximum Gasteiger partial charge on any atom is 0.215 e. The first-order chi connectivity index (χ1) is 6.77. The second-order valence-corrected chi connectivity index (χ2v) is 2.80. The number of ether oxygens (including phenoxy) is 1. The van der Waals surface area contributed by atoms with E-state index in [9.17, 15) is 0 Å². The highest BCUT2D eigenvalue weighted by atomic mass is 16.5. The van der Waals surface area contributed by atoms with E-state index in [1.807, 2.05) is 0 Å². The third kappa shape index (κ3) is 2.77. The highest BCUT2D eigenvalue weighted by Crippen LogP contribution is 2.19. The van der Waals surface area contributed by atoms with E-state index < -0.39 is 0 Å². The number of methoxy groups -OCH3 is 1. The molecule has 0 spiro atoms.